The molecule has 0 unspecified atom stereocenters. The molecule has 6 nitrogen and oxygen atoms in total. The van der Waals surface area contributed by atoms with E-state index in [0.717, 1.165) is 18.6 Å². The van der Waals surface area contributed by atoms with Crippen molar-refractivity contribution in [3.63, 3.8) is 0 Å². The second kappa shape index (κ2) is 9.13. The van der Waals surface area contributed by atoms with Crippen molar-refractivity contribution in [3.8, 4) is 0 Å². The molecule has 0 radical (unpaired) electrons. The van der Waals surface area contributed by atoms with Crippen LogP contribution in [0.1, 0.15) is 0 Å². The van der Waals surface area contributed by atoms with Gasteiger partial charge < -0.3 is 15.9 Å². The van der Waals surface area contributed by atoms with Gasteiger partial charge in [-0.05, 0) is 12.2 Å². The molecule has 1 heterocycles. The van der Waals surface area contributed by atoms with Gasteiger partial charge in [0, 0.05) is 24.3 Å². The number of nitrogens with zero attached hydrogens (tertiary/aromatic N) is 1. The second-order valence-electron chi connectivity index (χ2n) is 2.35. The first-order valence-electron chi connectivity index (χ1n) is 3.65. The van der Waals surface area contributed by atoms with Crippen molar-refractivity contribution in [2.45, 2.75) is 0 Å². The Morgan fingerprint density at radius 1 is 1.50 bits per heavy atom. The van der Waals surface area contributed by atoms with Gasteiger partial charge in [-0.1, -0.05) is 0 Å². The molecule has 0 aliphatic carbocycles. The van der Waals surface area contributed by atoms with Gasteiger partial charge in [0.2, 0.25) is 0 Å². The van der Waals surface area contributed by atoms with Crippen LogP contribution >= 0.6 is 24.3 Å². The molecule has 9 heteroatoms. The third-order valence-corrected chi connectivity index (χ3v) is 2.28. The predicted octanol–water partition coefficient (Wildman–Crippen LogP) is -4.44. The van der Waals surface area contributed by atoms with Crippen molar-refractivity contribution >= 4 is 29.4 Å². The van der Waals surface area contributed by atoms with E-state index in [1.54, 1.807) is 0 Å². The summed E-state index contributed by atoms with van der Waals surface area (Å²) in [6.07, 6.45) is 0. The van der Waals surface area contributed by atoms with Crippen LogP contribution in [0.5, 0.6) is 0 Å². The maximum atomic E-state index is 9.43. The molecule has 1 fully saturated rings. The number of nitrogens with one attached hydrogen (secondary N) is 2. The van der Waals surface area contributed by atoms with E-state index in [9.17, 15) is 5.26 Å². The zero-order valence-electron chi connectivity index (χ0n) is 7.82. The fraction of sp³-hybridized carbons (Fsp3) is 0.800. The van der Waals surface area contributed by atoms with Crippen molar-refractivity contribution < 1.29 is 44.2 Å². The SMILES string of the molecule is [Na+].[O-]OOSCCN1CNC(=S)NC1. The largest absolute Gasteiger partial charge is 1.00 e. The van der Waals surface area contributed by atoms with Crippen LogP contribution in [-0.2, 0) is 9.37 Å². The summed E-state index contributed by atoms with van der Waals surface area (Å²) in [6.45, 7) is 2.21. The maximum absolute atomic E-state index is 9.43. The Morgan fingerprint density at radius 2 is 2.14 bits per heavy atom. The van der Waals surface area contributed by atoms with Crippen LogP contribution in [-0.4, -0.2) is 35.6 Å². The molecule has 0 spiro atoms. The molecule has 0 aromatic carbocycles. The molecule has 14 heavy (non-hydrogen) atoms. The van der Waals surface area contributed by atoms with E-state index in [1.165, 1.54) is 0 Å². The molecule has 2 N–H and O–H groups in total. The third kappa shape index (κ3) is 6.38. The Balaban J connectivity index is 0.00000169. The van der Waals surface area contributed by atoms with Crippen LogP contribution in [0.15, 0.2) is 0 Å². The first kappa shape index (κ1) is 14.9. The molecule has 1 rings (SSSR count). The molecule has 0 amide bonds. The average molecular weight is 247 g/mol. The molecule has 0 aromatic heterocycles. The number of rotatable bonds is 5. The van der Waals surface area contributed by atoms with Crippen molar-refractivity contribution in [1.29, 1.82) is 0 Å². The molecule has 0 aromatic rings. The van der Waals surface area contributed by atoms with E-state index in [1.807, 2.05) is 0 Å². The van der Waals surface area contributed by atoms with Crippen molar-refractivity contribution in [2.75, 3.05) is 25.6 Å². The van der Waals surface area contributed by atoms with Gasteiger partial charge in [-0.2, -0.15) is 4.33 Å². The van der Waals surface area contributed by atoms with Gasteiger partial charge >= 0.3 is 29.6 Å². The molecule has 1 aliphatic rings. The van der Waals surface area contributed by atoms with Gasteiger partial charge in [0.05, 0.1) is 13.3 Å². The zero-order valence-corrected chi connectivity index (χ0v) is 11.4. The zero-order chi connectivity index (χ0) is 9.52. The monoisotopic (exact) mass is 247 g/mol. The summed E-state index contributed by atoms with van der Waals surface area (Å²) in [5, 5.41) is 19.2. The van der Waals surface area contributed by atoms with E-state index in [2.05, 4.69) is 24.9 Å². The van der Waals surface area contributed by atoms with Crippen LogP contribution in [0.3, 0.4) is 0 Å². The van der Waals surface area contributed by atoms with Gasteiger partial charge in [-0.25, -0.2) is 0 Å². The van der Waals surface area contributed by atoms with Crippen LogP contribution in [0, 0.1) is 0 Å². The normalized spacial score (nSPS) is 16.8. The number of hydrogen-bond acceptors (Lipinski definition) is 6. The van der Waals surface area contributed by atoms with Crippen LogP contribution in [0.2, 0.25) is 0 Å². The van der Waals surface area contributed by atoms with Gasteiger partial charge in [0.15, 0.2) is 5.11 Å². The number of hydrogen-bond donors (Lipinski definition) is 2. The Kier molecular flexibility index (Phi) is 9.70. The quantitative estimate of drug-likeness (QED) is 0.126. The molecule has 1 saturated heterocycles. The first-order chi connectivity index (χ1) is 6.33. The van der Waals surface area contributed by atoms with Gasteiger partial charge in [-0.15, -0.1) is 0 Å². The van der Waals surface area contributed by atoms with E-state index < -0.39 is 0 Å². The molecule has 76 valence electrons. The first-order valence-corrected chi connectivity index (χ1v) is 4.97. The molecule has 0 atom stereocenters. The Labute approximate surface area is 114 Å². The Bertz CT molecular complexity index is 166. The third-order valence-electron chi connectivity index (χ3n) is 1.49. The summed E-state index contributed by atoms with van der Waals surface area (Å²) >= 11 is 5.86. The summed E-state index contributed by atoms with van der Waals surface area (Å²) in [6, 6.07) is 0. The van der Waals surface area contributed by atoms with E-state index in [0.29, 0.717) is 24.2 Å². The fourth-order valence-corrected chi connectivity index (χ4v) is 1.43. The van der Waals surface area contributed by atoms with Crippen LogP contribution < -0.4 is 45.4 Å². The molecule has 1 aliphatic heterocycles. The predicted molar refractivity (Wildman–Crippen MR) is 49.9 cm³/mol. The topological polar surface area (TPSA) is 68.8 Å². The van der Waals surface area contributed by atoms with Gasteiger partial charge in [0.1, 0.15) is 0 Å². The van der Waals surface area contributed by atoms with Crippen molar-refractivity contribution in [3.05, 3.63) is 0 Å². The van der Waals surface area contributed by atoms with Crippen molar-refractivity contribution in [1.82, 2.24) is 15.5 Å². The van der Waals surface area contributed by atoms with Crippen molar-refractivity contribution in [2.24, 2.45) is 0 Å². The van der Waals surface area contributed by atoms with E-state index in [4.69, 9.17) is 12.2 Å². The summed E-state index contributed by atoms with van der Waals surface area (Å²) < 4.78 is 4.11. The minimum Gasteiger partial charge on any atom is -0.691 e. The smallest absolute Gasteiger partial charge is 0.691 e. The summed E-state index contributed by atoms with van der Waals surface area (Å²) in [7, 11) is 0. The molecular weight excluding hydrogens is 237 g/mol. The minimum atomic E-state index is 0. The standard InChI is InChI=1S/C5H11N3O3S2.Na/c9-10-11-13-2-1-8-3-6-5(12)7-4-8;/h9H,1-4H2,(H2,6,7,12);/q;+1/p-1. The average Bonchev–Trinajstić information content (AvgIpc) is 2.15. The summed E-state index contributed by atoms with van der Waals surface area (Å²) in [5.41, 5.74) is 0. The second-order valence-corrected chi connectivity index (χ2v) is 3.54. The van der Waals surface area contributed by atoms with E-state index in [-0.39, 0.29) is 29.6 Å². The molecule has 0 saturated carbocycles. The van der Waals surface area contributed by atoms with Gasteiger partial charge in [-0.3, -0.25) is 9.94 Å². The minimum absolute atomic E-state index is 0. The molecule has 0 bridgehead atoms. The van der Waals surface area contributed by atoms with Crippen LogP contribution in [0.4, 0.5) is 0 Å². The Morgan fingerprint density at radius 3 is 2.71 bits per heavy atom. The fourth-order valence-electron chi connectivity index (χ4n) is 0.864. The Hall–Kier alpha value is 0.880. The number of thiocarbonyl (C=S) groups is 1. The van der Waals surface area contributed by atoms with E-state index >= 15 is 0 Å². The summed E-state index contributed by atoms with van der Waals surface area (Å²) in [4.78, 5) is 2.08. The summed E-state index contributed by atoms with van der Waals surface area (Å²) in [5.74, 6) is 0.665. The maximum Gasteiger partial charge on any atom is 1.00 e. The molecular formula is C5H10N3NaO3S2. The van der Waals surface area contributed by atoms with Gasteiger partial charge in [0.25, 0.3) is 0 Å². The van der Waals surface area contributed by atoms with Crippen LogP contribution in [0.25, 0.3) is 0 Å².